The molecule has 0 aliphatic carbocycles. The molecule has 6 rings (SSSR count). The lowest BCUT2D eigenvalue weighted by Crippen LogP contribution is -2.29. The summed E-state index contributed by atoms with van der Waals surface area (Å²) in [7, 11) is 0. The van der Waals surface area contributed by atoms with E-state index in [-0.39, 0.29) is 17.1 Å². The Kier molecular flexibility index (Phi) is 5.00. The van der Waals surface area contributed by atoms with Crippen LogP contribution in [0.3, 0.4) is 0 Å². The number of aryl methyl sites for hydroxylation is 1. The second-order valence-electron chi connectivity index (χ2n) is 8.38. The summed E-state index contributed by atoms with van der Waals surface area (Å²) in [4.78, 5) is 33.7. The molecule has 0 bridgehead atoms. The molecule has 1 unspecified atom stereocenters. The maximum Gasteiger partial charge on any atom is 0.297 e. The van der Waals surface area contributed by atoms with Crippen molar-refractivity contribution in [2.75, 3.05) is 11.5 Å². The van der Waals surface area contributed by atoms with Gasteiger partial charge in [0, 0.05) is 0 Å². The number of hydrogen-bond donors (Lipinski definition) is 0. The Labute approximate surface area is 204 Å². The summed E-state index contributed by atoms with van der Waals surface area (Å²) >= 11 is 1.42. The van der Waals surface area contributed by atoms with Crippen LogP contribution in [0.15, 0.2) is 88.6 Å². The number of carbonyl (C=O) groups excluding carboxylic acids is 1. The number of rotatable bonds is 5. The van der Waals surface area contributed by atoms with E-state index in [0.29, 0.717) is 34.0 Å². The quantitative estimate of drug-likeness (QED) is 0.287. The van der Waals surface area contributed by atoms with Crippen LogP contribution in [0.5, 0.6) is 5.75 Å². The predicted molar refractivity (Wildman–Crippen MR) is 138 cm³/mol. The molecule has 3 aromatic carbocycles. The van der Waals surface area contributed by atoms with Crippen LogP contribution in [-0.4, -0.2) is 17.5 Å². The molecule has 1 aliphatic heterocycles. The van der Waals surface area contributed by atoms with Crippen LogP contribution >= 0.6 is 11.3 Å². The maximum absolute atomic E-state index is 13.8. The standard InChI is InChI=1S/C28H20N2O4S/c1-3-14-33-18-11-9-17(10-12-18)24-23-25(31)19-6-4-5-7-21(19)34-26(23)27(32)30(24)28-29-20-13-8-16(2)15-22(20)35-28/h3-13,15,24H,1,14H2,2H3. The maximum atomic E-state index is 13.8. The highest BCUT2D eigenvalue weighted by Crippen LogP contribution is 2.43. The largest absolute Gasteiger partial charge is 0.490 e. The highest BCUT2D eigenvalue weighted by molar-refractivity contribution is 7.22. The Morgan fingerprint density at radius 3 is 2.71 bits per heavy atom. The number of hydrogen-bond acceptors (Lipinski definition) is 6. The molecule has 1 amide bonds. The average molecular weight is 481 g/mol. The van der Waals surface area contributed by atoms with Gasteiger partial charge in [0.15, 0.2) is 10.6 Å². The molecule has 7 heteroatoms. The molecule has 1 atom stereocenters. The molecule has 0 fully saturated rings. The van der Waals surface area contributed by atoms with Gasteiger partial charge in [0.1, 0.15) is 17.9 Å². The van der Waals surface area contributed by atoms with Crippen molar-refractivity contribution in [1.82, 2.24) is 4.98 Å². The van der Waals surface area contributed by atoms with Gasteiger partial charge in [-0.3, -0.25) is 14.5 Å². The van der Waals surface area contributed by atoms with Crippen molar-refractivity contribution < 1.29 is 13.9 Å². The second kappa shape index (κ2) is 8.21. The summed E-state index contributed by atoms with van der Waals surface area (Å²) in [6, 6.07) is 19.7. The number of nitrogens with zero attached hydrogens (tertiary/aromatic N) is 2. The monoisotopic (exact) mass is 480 g/mol. The number of carbonyl (C=O) groups is 1. The molecule has 1 aliphatic rings. The zero-order chi connectivity index (χ0) is 24.1. The van der Waals surface area contributed by atoms with Crippen molar-refractivity contribution in [3.05, 3.63) is 112 Å². The van der Waals surface area contributed by atoms with Gasteiger partial charge in [-0.2, -0.15) is 0 Å². The summed E-state index contributed by atoms with van der Waals surface area (Å²) < 4.78 is 12.6. The molecule has 0 saturated carbocycles. The number of anilines is 1. The first kappa shape index (κ1) is 21.3. The molecule has 0 saturated heterocycles. The molecular weight excluding hydrogens is 460 g/mol. The molecule has 35 heavy (non-hydrogen) atoms. The fourth-order valence-electron chi connectivity index (χ4n) is 4.46. The number of fused-ring (bicyclic) bond motifs is 3. The van der Waals surface area contributed by atoms with Crippen LogP contribution in [0.25, 0.3) is 21.2 Å². The minimum atomic E-state index is -0.673. The third-order valence-electron chi connectivity index (χ3n) is 6.08. The number of benzene rings is 3. The van der Waals surface area contributed by atoms with E-state index in [1.807, 2.05) is 49.4 Å². The highest BCUT2D eigenvalue weighted by Gasteiger charge is 2.45. The zero-order valence-electron chi connectivity index (χ0n) is 18.9. The van der Waals surface area contributed by atoms with E-state index >= 15 is 0 Å². The van der Waals surface area contributed by atoms with Crippen LogP contribution in [0.4, 0.5) is 5.13 Å². The van der Waals surface area contributed by atoms with E-state index in [9.17, 15) is 9.59 Å². The third kappa shape index (κ3) is 3.43. The minimum Gasteiger partial charge on any atom is -0.490 e. The predicted octanol–water partition coefficient (Wildman–Crippen LogP) is 6.03. The van der Waals surface area contributed by atoms with Crippen molar-refractivity contribution >= 4 is 43.6 Å². The number of para-hydroxylation sites is 1. The first-order chi connectivity index (χ1) is 17.0. The number of ether oxygens (including phenoxy) is 1. The molecule has 3 heterocycles. The molecule has 0 N–H and O–H groups in total. The molecule has 0 radical (unpaired) electrons. The van der Waals surface area contributed by atoms with Gasteiger partial charge in [-0.25, -0.2) is 4.98 Å². The van der Waals surface area contributed by atoms with Crippen LogP contribution in [0, 0.1) is 6.92 Å². The van der Waals surface area contributed by atoms with Crippen molar-refractivity contribution in [2.24, 2.45) is 0 Å². The van der Waals surface area contributed by atoms with Gasteiger partial charge in [-0.1, -0.05) is 54.3 Å². The lowest BCUT2D eigenvalue weighted by Gasteiger charge is -2.22. The van der Waals surface area contributed by atoms with Crippen molar-refractivity contribution in [3.8, 4) is 5.75 Å². The van der Waals surface area contributed by atoms with Gasteiger partial charge in [-0.05, 0) is 54.4 Å². The average Bonchev–Trinajstić information content (AvgIpc) is 3.41. The molecule has 5 aromatic rings. The lowest BCUT2D eigenvalue weighted by molar-refractivity contribution is 0.0971. The Balaban J connectivity index is 1.56. The van der Waals surface area contributed by atoms with Crippen molar-refractivity contribution in [3.63, 3.8) is 0 Å². The fraction of sp³-hybridized carbons (Fsp3) is 0.107. The van der Waals surface area contributed by atoms with Gasteiger partial charge in [-0.15, -0.1) is 0 Å². The first-order valence-electron chi connectivity index (χ1n) is 11.2. The van der Waals surface area contributed by atoms with Gasteiger partial charge in [0.2, 0.25) is 5.76 Å². The fourth-order valence-corrected chi connectivity index (χ4v) is 5.55. The molecular formula is C28H20N2O4S. The molecule has 6 nitrogen and oxygen atoms in total. The SMILES string of the molecule is C=CCOc1ccc(C2c3c(oc4ccccc4c3=O)C(=O)N2c2nc3ccc(C)cc3s2)cc1. The van der Waals surface area contributed by atoms with Crippen LogP contribution in [0.2, 0.25) is 0 Å². The lowest BCUT2D eigenvalue weighted by atomic mass is 9.98. The minimum absolute atomic E-state index is 0.0566. The Morgan fingerprint density at radius 1 is 1.11 bits per heavy atom. The number of thiazole rings is 1. The van der Waals surface area contributed by atoms with Gasteiger partial charge >= 0.3 is 0 Å². The molecule has 2 aromatic heterocycles. The van der Waals surface area contributed by atoms with E-state index in [0.717, 1.165) is 21.3 Å². The van der Waals surface area contributed by atoms with E-state index in [1.165, 1.54) is 11.3 Å². The van der Waals surface area contributed by atoms with Crippen molar-refractivity contribution in [2.45, 2.75) is 13.0 Å². The summed E-state index contributed by atoms with van der Waals surface area (Å²) in [5, 5.41) is 0.958. The van der Waals surface area contributed by atoms with Gasteiger partial charge < -0.3 is 9.15 Å². The van der Waals surface area contributed by atoms with Crippen LogP contribution in [-0.2, 0) is 0 Å². The van der Waals surface area contributed by atoms with Crippen LogP contribution in [0.1, 0.15) is 33.3 Å². The Hall–Kier alpha value is -4.23. The molecule has 172 valence electrons. The Morgan fingerprint density at radius 2 is 1.91 bits per heavy atom. The third-order valence-corrected chi connectivity index (χ3v) is 7.10. The number of aromatic nitrogens is 1. The van der Waals surface area contributed by atoms with E-state index in [4.69, 9.17) is 14.1 Å². The van der Waals surface area contributed by atoms with Crippen molar-refractivity contribution in [1.29, 1.82) is 0 Å². The molecule has 0 spiro atoms. The number of amides is 1. The summed E-state index contributed by atoms with van der Waals surface area (Å²) in [6.45, 7) is 6.07. The normalized spacial score (nSPS) is 15.1. The smallest absolute Gasteiger partial charge is 0.297 e. The van der Waals surface area contributed by atoms with E-state index in [2.05, 4.69) is 6.58 Å². The summed E-state index contributed by atoms with van der Waals surface area (Å²) in [5.74, 6) is 0.350. The van der Waals surface area contributed by atoms with E-state index in [1.54, 1.807) is 35.2 Å². The van der Waals surface area contributed by atoms with Crippen LogP contribution < -0.4 is 15.1 Å². The van der Waals surface area contributed by atoms with Gasteiger partial charge in [0.25, 0.3) is 5.91 Å². The van der Waals surface area contributed by atoms with E-state index < -0.39 is 6.04 Å². The van der Waals surface area contributed by atoms with Gasteiger partial charge in [0.05, 0.1) is 27.2 Å². The zero-order valence-corrected chi connectivity index (χ0v) is 19.7. The first-order valence-corrected chi connectivity index (χ1v) is 12.0. The highest BCUT2D eigenvalue weighted by atomic mass is 32.1. The second-order valence-corrected chi connectivity index (χ2v) is 9.39. The summed E-state index contributed by atoms with van der Waals surface area (Å²) in [6.07, 6.45) is 1.67. The summed E-state index contributed by atoms with van der Waals surface area (Å²) in [5.41, 5.74) is 3.17. The topological polar surface area (TPSA) is 72.6 Å². The Bertz CT molecular complexity index is 1680.